The van der Waals surface area contributed by atoms with Gasteiger partial charge in [-0.1, -0.05) is 54.6 Å². The molecule has 3 aromatic carbocycles. The highest BCUT2D eigenvalue weighted by Gasteiger charge is 2.23. The second kappa shape index (κ2) is 9.31. The van der Waals surface area contributed by atoms with E-state index in [0.717, 1.165) is 54.6 Å². The first-order valence-electron chi connectivity index (χ1n) is 10.8. The third-order valence-electron chi connectivity index (χ3n) is 6.15. The Balaban J connectivity index is 1.32. The maximum Gasteiger partial charge on any atom is 0.227 e. The normalized spacial score (nSPS) is 16.3. The van der Waals surface area contributed by atoms with Gasteiger partial charge in [0.25, 0.3) is 0 Å². The highest BCUT2D eigenvalue weighted by molar-refractivity contribution is 5.88. The minimum Gasteiger partial charge on any atom is -0.497 e. The Hall–Kier alpha value is -2.85. The molecule has 1 N–H and O–H groups in total. The van der Waals surface area contributed by atoms with Crippen molar-refractivity contribution < 1.29 is 9.53 Å². The number of amides is 1. The predicted octanol–water partition coefficient (Wildman–Crippen LogP) is 4.73. The van der Waals surface area contributed by atoms with Crippen molar-refractivity contribution in [3.05, 3.63) is 77.9 Å². The molecule has 1 aliphatic heterocycles. The van der Waals surface area contributed by atoms with Crippen molar-refractivity contribution in [1.82, 2.24) is 10.2 Å². The number of nitrogens with zero attached hydrogens (tertiary/aromatic N) is 1. The van der Waals surface area contributed by atoms with Crippen LogP contribution in [0, 0.1) is 0 Å². The second-order valence-electron chi connectivity index (χ2n) is 8.24. The molecule has 4 heteroatoms. The molecule has 1 atom stereocenters. The average Bonchev–Trinajstić information content (AvgIpc) is 2.79. The van der Waals surface area contributed by atoms with E-state index in [-0.39, 0.29) is 17.9 Å². The van der Waals surface area contributed by atoms with E-state index in [2.05, 4.69) is 58.7 Å². The topological polar surface area (TPSA) is 41.6 Å². The number of carbonyl (C=O) groups is 1. The number of rotatable bonds is 6. The summed E-state index contributed by atoms with van der Waals surface area (Å²) in [6.45, 7) is 5.02. The van der Waals surface area contributed by atoms with Gasteiger partial charge in [0.2, 0.25) is 5.91 Å². The zero-order valence-electron chi connectivity index (χ0n) is 17.8. The average molecular weight is 403 g/mol. The van der Waals surface area contributed by atoms with Gasteiger partial charge in [-0.3, -0.25) is 9.69 Å². The molecular formula is C26H30N2O2. The van der Waals surface area contributed by atoms with Gasteiger partial charge in [0.1, 0.15) is 5.75 Å². The summed E-state index contributed by atoms with van der Waals surface area (Å²) < 4.78 is 5.30. The van der Waals surface area contributed by atoms with Crippen LogP contribution in [0.1, 0.15) is 36.8 Å². The third kappa shape index (κ3) is 4.82. The van der Waals surface area contributed by atoms with Crippen molar-refractivity contribution in [3.8, 4) is 5.75 Å². The number of likely N-dealkylation sites (tertiary alicyclic amines) is 1. The van der Waals surface area contributed by atoms with E-state index in [0.29, 0.717) is 0 Å². The van der Waals surface area contributed by atoms with E-state index in [1.165, 1.54) is 5.56 Å². The van der Waals surface area contributed by atoms with E-state index in [1.54, 1.807) is 7.11 Å². The number of hydrogen-bond donors (Lipinski definition) is 1. The minimum absolute atomic E-state index is 0.115. The standard InChI is InChI=1S/C26H30N2O2/c1-19(21-8-9-23-17-25(30-2)11-10-22(23)16-21)26(29)27-24-12-14-28(15-13-24)18-20-6-4-3-5-7-20/h3-11,16-17,19,24H,12-15,18H2,1-2H3,(H,27,29)/t19-/m1/s1. The van der Waals surface area contributed by atoms with E-state index >= 15 is 0 Å². The number of methoxy groups -OCH3 is 1. The van der Waals surface area contributed by atoms with Crippen LogP contribution >= 0.6 is 0 Å². The minimum atomic E-state index is -0.168. The van der Waals surface area contributed by atoms with Crippen molar-refractivity contribution >= 4 is 16.7 Å². The monoisotopic (exact) mass is 402 g/mol. The molecule has 0 aliphatic carbocycles. The van der Waals surface area contributed by atoms with E-state index in [9.17, 15) is 4.79 Å². The van der Waals surface area contributed by atoms with Gasteiger partial charge in [-0.2, -0.15) is 0 Å². The fourth-order valence-corrected chi connectivity index (χ4v) is 4.19. The summed E-state index contributed by atoms with van der Waals surface area (Å²) in [7, 11) is 1.67. The summed E-state index contributed by atoms with van der Waals surface area (Å²) in [5, 5.41) is 5.53. The maximum atomic E-state index is 12.9. The van der Waals surface area contributed by atoms with Crippen LogP contribution in [-0.2, 0) is 11.3 Å². The molecular weight excluding hydrogens is 372 g/mol. The lowest BCUT2D eigenvalue weighted by molar-refractivity contribution is -0.123. The first-order chi connectivity index (χ1) is 14.6. The summed E-state index contributed by atoms with van der Waals surface area (Å²) in [6.07, 6.45) is 2.01. The van der Waals surface area contributed by atoms with E-state index < -0.39 is 0 Å². The number of nitrogens with one attached hydrogen (secondary N) is 1. The maximum absolute atomic E-state index is 12.9. The fraction of sp³-hybridized carbons (Fsp3) is 0.346. The van der Waals surface area contributed by atoms with Gasteiger partial charge in [-0.15, -0.1) is 0 Å². The molecule has 1 aliphatic rings. The van der Waals surface area contributed by atoms with Crippen molar-refractivity contribution in [3.63, 3.8) is 0 Å². The molecule has 3 aromatic rings. The largest absolute Gasteiger partial charge is 0.497 e. The molecule has 156 valence electrons. The van der Waals surface area contributed by atoms with Crippen LogP contribution in [0.3, 0.4) is 0 Å². The number of fused-ring (bicyclic) bond motifs is 1. The first kappa shape index (κ1) is 20.4. The van der Waals surface area contributed by atoms with Gasteiger partial charge in [0.15, 0.2) is 0 Å². The van der Waals surface area contributed by atoms with Crippen molar-refractivity contribution in [2.24, 2.45) is 0 Å². The summed E-state index contributed by atoms with van der Waals surface area (Å²) in [6, 6.07) is 23.1. The Kier molecular flexibility index (Phi) is 6.34. The number of benzene rings is 3. The van der Waals surface area contributed by atoms with Gasteiger partial charge in [-0.05, 0) is 53.8 Å². The lowest BCUT2D eigenvalue weighted by Gasteiger charge is -2.33. The molecule has 1 saturated heterocycles. The molecule has 1 heterocycles. The number of piperidine rings is 1. The lowest BCUT2D eigenvalue weighted by atomic mass is 9.96. The van der Waals surface area contributed by atoms with Gasteiger partial charge in [-0.25, -0.2) is 0 Å². The predicted molar refractivity (Wildman–Crippen MR) is 122 cm³/mol. The van der Waals surface area contributed by atoms with Crippen LogP contribution in [0.15, 0.2) is 66.7 Å². The first-order valence-corrected chi connectivity index (χ1v) is 10.8. The molecule has 1 amide bonds. The van der Waals surface area contributed by atoms with E-state index in [4.69, 9.17) is 4.74 Å². The SMILES string of the molecule is COc1ccc2cc([C@@H](C)C(=O)NC3CCN(Cc4ccccc4)CC3)ccc2c1. The molecule has 4 rings (SSSR count). The Morgan fingerprint density at radius 2 is 1.73 bits per heavy atom. The van der Waals surface area contributed by atoms with Crippen molar-refractivity contribution in [2.75, 3.05) is 20.2 Å². The Morgan fingerprint density at radius 1 is 1.03 bits per heavy atom. The Labute approximate surface area is 178 Å². The zero-order valence-corrected chi connectivity index (χ0v) is 17.8. The fourth-order valence-electron chi connectivity index (χ4n) is 4.19. The summed E-state index contributed by atoms with van der Waals surface area (Å²) in [4.78, 5) is 15.3. The van der Waals surface area contributed by atoms with Crippen LogP contribution in [0.25, 0.3) is 10.8 Å². The van der Waals surface area contributed by atoms with Crippen LogP contribution in [0.2, 0.25) is 0 Å². The van der Waals surface area contributed by atoms with Crippen LogP contribution in [0.5, 0.6) is 5.75 Å². The molecule has 0 aromatic heterocycles. The molecule has 1 fully saturated rings. The number of hydrogen-bond acceptors (Lipinski definition) is 3. The molecule has 0 bridgehead atoms. The summed E-state index contributed by atoms with van der Waals surface area (Å²) in [5.74, 6) is 0.794. The molecule has 30 heavy (non-hydrogen) atoms. The number of carbonyl (C=O) groups excluding carboxylic acids is 1. The van der Waals surface area contributed by atoms with Crippen LogP contribution in [-0.4, -0.2) is 37.0 Å². The molecule has 0 unspecified atom stereocenters. The second-order valence-corrected chi connectivity index (χ2v) is 8.24. The highest BCUT2D eigenvalue weighted by Crippen LogP contribution is 2.25. The highest BCUT2D eigenvalue weighted by atomic mass is 16.5. The van der Waals surface area contributed by atoms with Crippen molar-refractivity contribution in [2.45, 2.75) is 38.3 Å². The third-order valence-corrected chi connectivity index (χ3v) is 6.15. The van der Waals surface area contributed by atoms with Gasteiger partial charge < -0.3 is 10.1 Å². The van der Waals surface area contributed by atoms with E-state index in [1.807, 2.05) is 25.1 Å². The lowest BCUT2D eigenvalue weighted by Crippen LogP contribution is -2.45. The van der Waals surface area contributed by atoms with Crippen LogP contribution in [0.4, 0.5) is 0 Å². The van der Waals surface area contributed by atoms with Gasteiger partial charge >= 0.3 is 0 Å². The quantitative estimate of drug-likeness (QED) is 0.648. The molecule has 4 nitrogen and oxygen atoms in total. The van der Waals surface area contributed by atoms with Gasteiger partial charge in [0, 0.05) is 25.7 Å². The molecule has 0 radical (unpaired) electrons. The Morgan fingerprint density at radius 3 is 2.47 bits per heavy atom. The number of ether oxygens (including phenoxy) is 1. The molecule has 0 spiro atoms. The van der Waals surface area contributed by atoms with Crippen LogP contribution < -0.4 is 10.1 Å². The zero-order chi connectivity index (χ0) is 20.9. The summed E-state index contributed by atoms with van der Waals surface area (Å²) >= 11 is 0. The summed E-state index contributed by atoms with van der Waals surface area (Å²) in [5.41, 5.74) is 2.40. The molecule has 0 saturated carbocycles. The van der Waals surface area contributed by atoms with Gasteiger partial charge in [0.05, 0.1) is 13.0 Å². The Bertz CT molecular complexity index is 994. The van der Waals surface area contributed by atoms with Crippen molar-refractivity contribution in [1.29, 1.82) is 0 Å². The smallest absolute Gasteiger partial charge is 0.227 e.